The van der Waals surface area contributed by atoms with Gasteiger partial charge in [0.15, 0.2) is 0 Å². The van der Waals surface area contributed by atoms with Crippen molar-refractivity contribution in [3.8, 4) is 5.75 Å². The van der Waals surface area contributed by atoms with Crippen molar-refractivity contribution in [3.05, 3.63) is 65.7 Å². The maximum Gasteiger partial charge on any atom is 0.243 e. The van der Waals surface area contributed by atoms with E-state index >= 15 is 0 Å². The molecule has 1 spiro atoms. The Morgan fingerprint density at radius 1 is 0.935 bits per heavy atom. The molecule has 2 heterocycles. The van der Waals surface area contributed by atoms with Crippen LogP contribution >= 0.6 is 0 Å². The highest BCUT2D eigenvalue weighted by atomic mass is 32.2. The summed E-state index contributed by atoms with van der Waals surface area (Å²) in [6, 6.07) is 15.2. The van der Waals surface area contributed by atoms with Gasteiger partial charge in [-0.15, -0.1) is 0 Å². The van der Waals surface area contributed by atoms with Gasteiger partial charge in [-0.3, -0.25) is 0 Å². The molecule has 0 aromatic heterocycles. The van der Waals surface area contributed by atoms with Crippen LogP contribution in [0.2, 0.25) is 0 Å². The average Bonchev–Trinajstić information content (AvgIpc) is 2.73. The summed E-state index contributed by atoms with van der Waals surface area (Å²) in [6.07, 6.45) is 4.07. The molecule has 0 bridgehead atoms. The van der Waals surface area contributed by atoms with Crippen molar-refractivity contribution < 1.29 is 13.2 Å². The van der Waals surface area contributed by atoms with Crippen molar-refractivity contribution in [3.63, 3.8) is 0 Å². The second kappa shape index (κ2) is 8.41. The summed E-state index contributed by atoms with van der Waals surface area (Å²) < 4.78 is 34.5. The van der Waals surface area contributed by atoms with Crippen LogP contribution in [0.1, 0.15) is 51.7 Å². The van der Waals surface area contributed by atoms with Crippen LogP contribution in [0, 0.1) is 0 Å². The lowest BCUT2D eigenvalue weighted by Gasteiger charge is -2.40. The largest absolute Gasteiger partial charge is 0.482 e. The SMILES string of the molecule is CC(C)N(C(C)C)S(=O)(=O)c1ccc(C2=CC3(CCNCC3)Oc3ccccc32)cc1. The van der Waals surface area contributed by atoms with Gasteiger partial charge in [0.05, 0.1) is 4.90 Å². The molecule has 0 unspecified atom stereocenters. The van der Waals surface area contributed by atoms with Crippen molar-refractivity contribution >= 4 is 15.6 Å². The Balaban J connectivity index is 1.74. The third kappa shape index (κ3) is 4.16. The molecule has 0 saturated carbocycles. The molecule has 0 atom stereocenters. The molecule has 2 aromatic rings. The van der Waals surface area contributed by atoms with Crippen LogP contribution < -0.4 is 10.1 Å². The molecule has 2 aliphatic heterocycles. The summed E-state index contributed by atoms with van der Waals surface area (Å²) >= 11 is 0. The summed E-state index contributed by atoms with van der Waals surface area (Å²) in [5.41, 5.74) is 2.85. The van der Waals surface area contributed by atoms with Crippen molar-refractivity contribution in [2.24, 2.45) is 0 Å². The Kier molecular flexibility index (Phi) is 5.99. The third-order valence-electron chi connectivity index (χ3n) is 6.11. The first kappa shape index (κ1) is 22.1. The highest BCUT2D eigenvalue weighted by Gasteiger charge is 2.37. The smallest absolute Gasteiger partial charge is 0.243 e. The van der Waals surface area contributed by atoms with Crippen LogP contribution in [0.4, 0.5) is 0 Å². The maximum absolute atomic E-state index is 13.2. The number of nitrogens with one attached hydrogen (secondary N) is 1. The van der Waals surface area contributed by atoms with E-state index < -0.39 is 10.0 Å². The van der Waals surface area contributed by atoms with E-state index in [1.54, 1.807) is 16.4 Å². The molecular formula is C25H32N2O3S. The number of fused-ring (bicyclic) bond motifs is 1. The fraction of sp³-hybridized carbons (Fsp3) is 0.440. The van der Waals surface area contributed by atoms with Crippen molar-refractivity contribution in [1.29, 1.82) is 0 Å². The number of sulfonamides is 1. The molecule has 5 nitrogen and oxygen atoms in total. The molecule has 1 fully saturated rings. The topological polar surface area (TPSA) is 58.6 Å². The second-order valence-corrected chi connectivity index (χ2v) is 10.9. The lowest BCUT2D eigenvalue weighted by atomic mass is 9.83. The number of rotatable bonds is 5. The summed E-state index contributed by atoms with van der Waals surface area (Å²) in [4.78, 5) is 0.330. The number of para-hydroxylation sites is 1. The molecule has 4 rings (SSSR count). The molecule has 166 valence electrons. The molecule has 0 amide bonds. The van der Waals surface area contributed by atoms with Crippen LogP contribution in [-0.2, 0) is 10.0 Å². The first-order valence-corrected chi connectivity index (χ1v) is 12.5. The standard InChI is InChI=1S/C25H32N2O3S/c1-18(2)27(19(3)4)31(28,29)21-11-9-20(10-12-21)23-17-25(13-15-26-16-14-25)30-24-8-6-5-7-22(23)24/h5-12,17-19,26H,13-16H2,1-4H3. The molecule has 6 heteroatoms. The average molecular weight is 441 g/mol. The van der Waals surface area contributed by atoms with Gasteiger partial charge in [0.2, 0.25) is 10.0 Å². The Hall–Kier alpha value is -2.15. The second-order valence-electron chi connectivity index (χ2n) is 9.02. The molecule has 2 aliphatic rings. The van der Waals surface area contributed by atoms with E-state index in [1.807, 2.05) is 58.0 Å². The van der Waals surface area contributed by atoms with Gasteiger partial charge in [0, 0.05) is 30.5 Å². The fourth-order valence-corrected chi connectivity index (χ4v) is 6.62. The predicted octanol–water partition coefficient (Wildman–Crippen LogP) is 4.44. The van der Waals surface area contributed by atoms with E-state index in [2.05, 4.69) is 17.5 Å². The molecular weight excluding hydrogens is 408 g/mol. The highest BCUT2D eigenvalue weighted by Crippen LogP contribution is 2.42. The van der Waals surface area contributed by atoms with Crippen LogP contribution in [0.15, 0.2) is 59.5 Å². The quantitative estimate of drug-likeness (QED) is 0.747. The van der Waals surface area contributed by atoms with Gasteiger partial charge in [-0.25, -0.2) is 8.42 Å². The summed E-state index contributed by atoms with van der Waals surface area (Å²) in [7, 11) is -3.55. The van der Waals surface area contributed by atoms with Crippen LogP contribution in [0.25, 0.3) is 5.57 Å². The molecule has 2 aromatic carbocycles. The number of benzene rings is 2. The Labute approximate surface area is 186 Å². The maximum atomic E-state index is 13.2. The first-order chi connectivity index (χ1) is 14.7. The van der Waals surface area contributed by atoms with Gasteiger partial charge >= 0.3 is 0 Å². The summed E-state index contributed by atoms with van der Waals surface area (Å²) in [5.74, 6) is 0.893. The normalized spacial score (nSPS) is 18.2. The molecule has 0 aliphatic carbocycles. The van der Waals surface area contributed by atoms with Crippen molar-refractivity contribution in [2.75, 3.05) is 13.1 Å². The molecule has 0 radical (unpaired) electrons. The minimum atomic E-state index is -3.55. The number of ether oxygens (including phenoxy) is 1. The van der Waals surface area contributed by atoms with Crippen LogP contribution in [0.3, 0.4) is 0 Å². The zero-order chi connectivity index (χ0) is 22.2. The fourth-order valence-electron chi connectivity index (χ4n) is 4.78. The lowest BCUT2D eigenvalue weighted by molar-refractivity contribution is 0.0817. The number of hydrogen-bond acceptors (Lipinski definition) is 4. The van der Waals surface area contributed by atoms with E-state index in [-0.39, 0.29) is 17.7 Å². The van der Waals surface area contributed by atoms with Gasteiger partial charge in [-0.05, 0) is 76.2 Å². The minimum Gasteiger partial charge on any atom is -0.482 e. The monoisotopic (exact) mass is 440 g/mol. The van der Waals surface area contributed by atoms with E-state index in [9.17, 15) is 8.42 Å². The predicted molar refractivity (Wildman–Crippen MR) is 125 cm³/mol. The van der Waals surface area contributed by atoms with Gasteiger partial charge in [0.1, 0.15) is 11.4 Å². The lowest BCUT2D eigenvalue weighted by Crippen LogP contribution is -2.46. The minimum absolute atomic E-state index is 0.102. The number of nitrogens with zero attached hydrogens (tertiary/aromatic N) is 1. The Bertz CT molecular complexity index is 1060. The van der Waals surface area contributed by atoms with E-state index in [0.29, 0.717) is 4.90 Å². The van der Waals surface area contributed by atoms with Crippen molar-refractivity contribution in [1.82, 2.24) is 9.62 Å². The van der Waals surface area contributed by atoms with Crippen LogP contribution in [0.5, 0.6) is 5.75 Å². The Morgan fingerprint density at radius 2 is 1.55 bits per heavy atom. The van der Waals surface area contributed by atoms with Crippen molar-refractivity contribution in [2.45, 2.75) is 63.1 Å². The zero-order valence-electron chi connectivity index (χ0n) is 18.8. The Morgan fingerprint density at radius 3 is 2.16 bits per heavy atom. The number of hydrogen-bond donors (Lipinski definition) is 1. The zero-order valence-corrected chi connectivity index (χ0v) is 19.6. The van der Waals surface area contributed by atoms with E-state index in [1.165, 1.54) is 0 Å². The van der Waals surface area contributed by atoms with Gasteiger partial charge in [0.25, 0.3) is 0 Å². The van der Waals surface area contributed by atoms with Gasteiger partial charge in [-0.2, -0.15) is 4.31 Å². The van der Waals surface area contributed by atoms with E-state index in [0.717, 1.165) is 48.4 Å². The third-order valence-corrected chi connectivity index (χ3v) is 8.37. The van der Waals surface area contributed by atoms with Gasteiger partial charge in [-0.1, -0.05) is 30.3 Å². The summed E-state index contributed by atoms with van der Waals surface area (Å²) in [5, 5.41) is 3.41. The number of piperidine rings is 1. The summed E-state index contributed by atoms with van der Waals surface area (Å²) in [6.45, 7) is 9.48. The molecule has 1 N–H and O–H groups in total. The highest BCUT2D eigenvalue weighted by molar-refractivity contribution is 7.89. The van der Waals surface area contributed by atoms with E-state index in [4.69, 9.17) is 4.74 Å². The molecule has 31 heavy (non-hydrogen) atoms. The molecule has 1 saturated heterocycles. The van der Waals surface area contributed by atoms with Crippen LogP contribution in [-0.4, -0.2) is 43.5 Å². The first-order valence-electron chi connectivity index (χ1n) is 11.1. The van der Waals surface area contributed by atoms with Gasteiger partial charge < -0.3 is 10.1 Å².